The SMILES string of the molecule is CCn1c(-c2nonc2N)nc2c(-c3ccccc3)ncc(OCCCCNCc3ccc(C(=O)OC(=O)C(F)(F)F)cc3)c21. The summed E-state index contributed by atoms with van der Waals surface area (Å²) in [5.41, 5.74) is 9.91. The lowest BCUT2D eigenvalue weighted by Crippen LogP contribution is -2.28. The van der Waals surface area contributed by atoms with Gasteiger partial charge in [0.15, 0.2) is 23.1 Å². The normalized spacial score (nSPS) is 11.6. The Kier molecular flexibility index (Phi) is 9.37. The molecule has 45 heavy (non-hydrogen) atoms. The molecule has 5 aromatic rings. The maximum atomic E-state index is 12.3. The van der Waals surface area contributed by atoms with Crippen molar-refractivity contribution in [2.24, 2.45) is 0 Å². The third-order valence-electron chi connectivity index (χ3n) is 6.77. The summed E-state index contributed by atoms with van der Waals surface area (Å²) in [7, 11) is 0. The number of nitrogens with zero attached hydrogens (tertiary/aromatic N) is 5. The van der Waals surface area contributed by atoms with Crippen LogP contribution in [-0.4, -0.2) is 56.1 Å². The summed E-state index contributed by atoms with van der Waals surface area (Å²) in [5.74, 6) is -2.74. The van der Waals surface area contributed by atoms with Crippen LogP contribution in [0.1, 0.15) is 35.7 Å². The van der Waals surface area contributed by atoms with E-state index < -0.39 is 18.1 Å². The zero-order chi connectivity index (χ0) is 32.0. The summed E-state index contributed by atoms with van der Waals surface area (Å²) in [6, 6.07) is 15.4. The number of fused-ring (bicyclic) bond motifs is 1. The lowest BCUT2D eigenvalue weighted by Gasteiger charge is -2.12. The molecule has 0 radical (unpaired) electrons. The highest BCUT2D eigenvalue weighted by Crippen LogP contribution is 2.36. The summed E-state index contributed by atoms with van der Waals surface area (Å²) in [5, 5.41) is 10.9. The maximum Gasteiger partial charge on any atom is 0.491 e. The number of nitrogens with two attached hydrogens (primary N) is 1. The number of ether oxygens (including phenoxy) is 2. The van der Waals surface area contributed by atoms with Gasteiger partial charge in [0, 0.05) is 18.7 Å². The van der Waals surface area contributed by atoms with Crippen LogP contribution >= 0.6 is 0 Å². The monoisotopic (exact) mass is 623 g/mol. The van der Waals surface area contributed by atoms with Gasteiger partial charge in [-0.2, -0.15) is 13.2 Å². The van der Waals surface area contributed by atoms with Gasteiger partial charge in [-0.3, -0.25) is 0 Å². The Balaban J connectivity index is 1.18. The van der Waals surface area contributed by atoms with E-state index in [0.717, 1.165) is 29.5 Å². The predicted octanol–water partition coefficient (Wildman–Crippen LogP) is 4.94. The quantitative estimate of drug-likeness (QED) is 0.110. The largest absolute Gasteiger partial charge is 0.491 e. The minimum atomic E-state index is -5.24. The van der Waals surface area contributed by atoms with Crippen molar-refractivity contribution >= 4 is 28.8 Å². The fourth-order valence-electron chi connectivity index (χ4n) is 4.59. The maximum absolute atomic E-state index is 12.3. The molecule has 3 N–H and O–H groups in total. The minimum absolute atomic E-state index is 0.125. The lowest BCUT2D eigenvalue weighted by atomic mass is 10.1. The topological polar surface area (TPSA) is 160 Å². The van der Waals surface area contributed by atoms with Crippen LogP contribution in [-0.2, 0) is 22.6 Å². The number of anilines is 1. The molecule has 12 nitrogen and oxygen atoms in total. The van der Waals surface area contributed by atoms with Crippen LogP contribution in [0.5, 0.6) is 5.75 Å². The number of benzene rings is 2. The van der Waals surface area contributed by atoms with Gasteiger partial charge >= 0.3 is 18.1 Å². The molecule has 3 heterocycles. The molecule has 0 spiro atoms. The van der Waals surface area contributed by atoms with Gasteiger partial charge in [0.25, 0.3) is 0 Å². The molecular weight excluding hydrogens is 595 g/mol. The van der Waals surface area contributed by atoms with Crippen molar-refractivity contribution in [2.75, 3.05) is 18.9 Å². The molecular formula is C30H28F3N7O5. The first-order valence-corrected chi connectivity index (χ1v) is 14.0. The molecule has 234 valence electrons. The highest BCUT2D eigenvalue weighted by molar-refractivity contribution is 5.98. The van der Waals surface area contributed by atoms with Crippen LogP contribution in [0, 0.1) is 0 Å². The fourth-order valence-corrected chi connectivity index (χ4v) is 4.59. The van der Waals surface area contributed by atoms with Crippen molar-refractivity contribution in [3.05, 3.63) is 71.9 Å². The molecule has 0 atom stereocenters. The van der Waals surface area contributed by atoms with Gasteiger partial charge in [-0.25, -0.2) is 24.2 Å². The summed E-state index contributed by atoms with van der Waals surface area (Å²) in [6.45, 7) is 4.05. The molecule has 0 aliphatic carbocycles. The number of esters is 2. The number of nitrogen functional groups attached to an aromatic ring is 1. The minimum Gasteiger partial charge on any atom is -0.490 e. The number of nitrogens with one attached hydrogen (secondary N) is 1. The molecule has 0 unspecified atom stereocenters. The molecule has 0 fully saturated rings. The standard InChI is InChI=1S/C30H28F3N7O5/c1-2-40-25-21(17-36-22(19-8-4-3-5-9-19)23(25)37-27(40)24-26(34)39-45-38-24)43-15-7-6-14-35-16-18-10-12-20(13-11-18)28(41)44-29(42)30(31,32)33/h3-5,8-13,17,35H,2,6-7,14-16H2,1H3,(H2,34,39). The van der Waals surface area contributed by atoms with Crippen molar-refractivity contribution in [3.63, 3.8) is 0 Å². The van der Waals surface area contributed by atoms with Crippen molar-refractivity contribution in [3.8, 4) is 28.5 Å². The Morgan fingerprint density at radius 1 is 1.02 bits per heavy atom. The molecule has 3 aromatic heterocycles. The summed E-state index contributed by atoms with van der Waals surface area (Å²) < 4.78 is 53.7. The average molecular weight is 624 g/mol. The van der Waals surface area contributed by atoms with E-state index in [2.05, 4.69) is 25.4 Å². The number of carbonyl (C=O) groups is 2. The number of carbonyl (C=O) groups excluding carboxylic acids is 2. The van der Waals surface area contributed by atoms with Gasteiger partial charge in [-0.15, -0.1) is 0 Å². The molecule has 15 heteroatoms. The molecule has 2 aromatic carbocycles. The molecule has 0 aliphatic rings. The van der Waals surface area contributed by atoms with Gasteiger partial charge in [0.05, 0.1) is 24.1 Å². The number of rotatable bonds is 12. The molecule has 0 amide bonds. The van der Waals surface area contributed by atoms with Crippen molar-refractivity contribution < 1.29 is 36.9 Å². The first kappa shape index (κ1) is 31.1. The molecule has 0 saturated carbocycles. The Labute approximate surface area is 254 Å². The number of pyridine rings is 1. The predicted molar refractivity (Wildman–Crippen MR) is 156 cm³/mol. The Morgan fingerprint density at radius 3 is 2.44 bits per heavy atom. The fraction of sp³-hybridized carbons (Fsp3) is 0.267. The number of halogens is 3. The van der Waals surface area contributed by atoms with Crippen LogP contribution in [0.4, 0.5) is 19.0 Å². The van der Waals surface area contributed by atoms with E-state index in [0.29, 0.717) is 54.7 Å². The van der Waals surface area contributed by atoms with Crippen LogP contribution < -0.4 is 15.8 Å². The average Bonchev–Trinajstić information content (AvgIpc) is 3.63. The third-order valence-corrected chi connectivity index (χ3v) is 6.77. The van der Waals surface area contributed by atoms with Gasteiger partial charge in [-0.05, 0) is 54.3 Å². The Bertz CT molecular complexity index is 1790. The molecule has 0 aliphatic heterocycles. The summed E-state index contributed by atoms with van der Waals surface area (Å²) in [6.07, 6.45) is -2.06. The second kappa shape index (κ2) is 13.5. The van der Waals surface area contributed by atoms with E-state index in [4.69, 9.17) is 20.1 Å². The Morgan fingerprint density at radius 2 is 1.78 bits per heavy atom. The van der Waals surface area contributed by atoms with Crippen molar-refractivity contribution in [1.82, 2.24) is 30.2 Å². The van der Waals surface area contributed by atoms with E-state index in [1.807, 2.05) is 41.8 Å². The van der Waals surface area contributed by atoms with E-state index in [1.165, 1.54) is 12.1 Å². The molecule has 0 bridgehead atoms. The number of hydrogen-bond donors (Lipinski definition) is 2. The Hall–Kier alpha value is -5.31. The molecule has 5 rings (SSSR count). The van der Waals surface area contributed by atoms with E-state index in [9.17, 15) is 22.8 Å². The first-order valence-electron chi connectivity index (χ1n) is 14.0. The van der Waals surface area contributed by atoms with Gasteiger partial charge in [0.1, 0.15) is 11.0 Å². The van der Waals surface area contributed by atoms with Gasteiger partial charge in [-0.1, -0.05) is 42.5 Å². The van der Waals surface area contributed by atoms with Crippen LogP contribution in [0.3, 0.4) is 0 Å². The van der Waals surface area contributed by atoms with E-state index in [1.54, 1.807) is 18.3 Å². The van der Waals surface area contributed by atoms with E-state index >= 15 is 0 Å². The number of hydrogen-bond acceptors (Lipinski definition) is 11. The zero-order valence-electron chi connectivity index (χ0n) is 24.0. The van der Waals surface area contributed by atoms with Crippen LogP contribution in [0.2, 0.25) is 0 Å². The van der Waals surface area contributed by atoms with Crippen LogP contribution in [0.25, 0.3) is 33.8 Å². The molecule has 0 saturated heterocycles. The number of unbranched alkanes of at least 4 members (excludes halogenated alkanes) is 1. The number of aromatic nitrogens is 5. The summed E-state index contributed by atoms with van der Waals surface area (Å²) >= 11 is 0. The number of imidazole rings is 1. The second-order valence-electron chi connectivity index (χ2n) is 9.82. The highest BCUT2D eigenvalue weighted by Gasteiger charge is 2.42. The highest BCUT2D eigenvalue weighted by atomic mass is 19.4. The number of alkyl halides is 3. The van der Waals surface area contributed by atoms with Crippen molar-refractivity contribution in [2.45, 2.75) is 39.0 Å². The van der Waals surface area contributed by atoms with E-state index in [-0.39, 0.29) is 11.4 Å². The smallest absolute Gasteiger partial charge is 0.490 e. The zero-order valence-corrected chi connectivity index (χ0v) is 24.0. The first-order chi connectivity index (χ1) is 21.7. The lowest BCUT2D eigenvalue weighted by molar-refractivity contribution is -0.193. The second-order valence-corrected chi connectivity index (χ2v) is 9.82. The third kappa shape index (κ3) is 7.09. The summed E-state index contributed by atoms with van der Waals surface area (Å²) in [4.78, 5) is 32.1. The van der Waals surface area contributed by atoms with Crippen LogP contribution in [0.15, 0.2) is 65.4 Å². The van der Waals surface area contributed by atoms with Gasteiger partial charge in [0.2, 0.25) is 0 Å². The number of aryl methyl sites for hydroxylation is 1. The van der Waals surface area contributed by atoms with Gasteiger partial charge < -0.3 is 25.1 Å². The van der Waals surface area contributed by atoms with Crippen molar-refractivity contribution in [1.29, 1.82) is 0 Å².